The summed E-state index contributed by atoms with van der Waals surface area (Å²) < 4.78 is 30.6. The summed E-state index contributed by atoms with van der Waals surface area (Å²) >= 11 is 0. The molecule has 0 heterocycles. The van der Waals surface area contributed by atoms with Crippen LogP contribution in [0.5, 0.6) is 0 Å². The smallest absolute Gasteiger partial charge is 0.167 e. The molecule has 0 atom stereocenters. The first-order valence-corrected chi connectivity index (χ1v) is 16.9. The van der Waals surface area contributed by atoms with Gasteiger partial charge in [0, 0.05) is 11.1 Å². The largest absolute Gasteiger partial charge is 0.203 e. The molecule has 0 unspecified atom stereocenters. The summed E-state index contributed by atoms with van der Waals surface area (Å²) in [6.07, 6.45) is 19.0. The molecule has 228 valence electrons. The highest BCUT2D eigenvalue weighted by Gasteiger charge is 2.16. The Morgan fingerprint density at radius 2 is 0.651 bits per heavy atom. The van der Waals surface area contributed by atoms with E-state index in [4.69, 9.17) is 0 Å². The molecule has 0 aliphatic heterocycles. The standard InChI is InChI=1S/C41H50F2/c1-3-5-7-9-11-13-15-17-33-20-24-36(25-21-33)38-30-31-39(41(43)40(38)42)37-28-26-35(27-29-37)34-22-18-32(19-23-34)16-14-12-10-8-6-4-2/h18-31H,3-17H2,1-2H3. The van der Waals surface area contributed by atoms with Crippen LogP contribution in [-0.2, 0) is 12.8 Å². The van der Waals surface area contributed by atoms with Crippen molar-refractivity contribution in [2.24, 2.45) is 0 Å². The van der Waals surface area contributed by atoms with Gasteiger partial charge in [0.25, 0.3) is 0 Å². The van der Waals surface area contributed by atoms with Gasteiger partial charge in [0.05, 0.1) is 0 Å². The molecule has 0 amide bonds. The molecule has 4 rings (SSSR count). The molecule has 0 aliphatic carbocycles. The van der Waals surface area contributed by atoms with E-state index in [1.807, 2.05) is 36.4 Å². The Labute approximate surface area is 259 Å². The molecule has 0 bridgehead atoms. The number of rotatable bonds is 18. The van der Waals surface area contributed by atoms with E-state index in [0.717, 1.165) is 24.0 Å². The molecule has 4 aromatic carbocycles. The van der Waals surface area contributed by atoms with Gasteiger partial charge in [-0.05, 0) is 59.1 Å². The van der Waals surface area contributed by atoms with Gasteiger partial charge in [-0.2, -0.15) is 0 Å². The Kier molecular flexibility index (Phi) is 13.5. The molecule has 0 saturated carbocycles. The average molecular weight is 581 g/mol. The fourth-order valence-corrected chi connectivity index (χ4v) is 5.95. The molecule has 4 aromatic rings. The van der Waals surface area contributed by atoms with E-state index in [0.29, 0.717) is 16.7 Å². The second-order valence-electron chi connectivity index (χ2n) is 12.1. The zero-order chi connectivity index (χ0) is 30.3. The molecule has 0 aromatic heterocycles. The van der Waals surface area contributed by atoms with Crippen LogP contribution in [0.2, 0.25) is 0 Å². The number of hydrogen-bond acceptors (Lipinski definition) is 0. The normalized spacial score (nSPS) is 11.3. The van der Waals surface area contributed by atoms with Crippen LogP contribution in [0.1, 0.15) is 108 Å². The van der Waals surface area contributed by atoms with Gasteiger partial charge in [0.1, 0.15) is 0 Å². The second kappa shape index (κ2) is 17.8. The predicted octanol–water partition coefficient (Wildman–Crippen LogP) is 13.2. The van der Waals surface area contributed by atoms with Crippen LogP contribution in [0.4, 0.5) is 8.78 Å². The van der Waals surface area contributed by atoms with Gasteiger partial charge in [-0.15, -0.1) is 0 Å². The summed E-state index contributed by atoms with van der Waals surface area (Å²) in [4.78, 5) is 0. The Morgan fingerprint density at radius 1 is 0.349 bits per heavy atom. The lowest BCUT2D eigenvalue weighted by molar-refractivity contribution is 0.514. The van der Waals surface area contributed by atoms with Crippen molar-refractivity contribution in [3.05, 3.63) is 108 Å². The van der Waals surface area contributed by atoms with Crippen molar-refractivity contribution in [1.29, 1.82) is 0 Å². The Hall–Kier alpha value is -3.26. The monoisotopic (exact) mass is 580 g/mol. The van der Waals surface area contributed by atoms with Crippen molar-refractivity contribution in [2.45, 2.75) is 110 Å². The zero-order valence-corrected chi connectivity index (χ0v) is 26.4. The van der Waals surface area contributed by atoms with E-state index in [2.05, 4.69) is 50.2 Å². The predicted molar refractivity (Wildman–Crippen MR) is 181 cm³/mol. The fraction of sp³-hybridized carbons (Fsp3) is 0.415. The molecule has 0 nitrogen and oxygen atoms in total. The highest BCUT2D eigenvalue weighted by Crippen LogP contribution is 2.33. The van der Waals surface area contributed by atoms with Crippen LogP contribution in [-0.4, -0.2) is 0 Å². The summed E-state index contributed by atoms with van der Waals surface area (Å²) in [7, 11) is 0. The lowest BCUT2D eigenvalue weighted by Gasteiger charge is -2.11. The van der Waals surface area contributed by atoms with E-state index < -0.39 is 11.6 Å². The van der Waals surface area contributed by atoms with Crippen molar-refractivity contribution in [3.8, 4) is 33.4 Å². The van der Waals surface area contributed by atoms with Crippen molar-refractivity contribution < 1.29 is 8.78 Å². The van der Waals surface area contributed by atoms with Gasteiger partial charge < -0.3 is 0 Å². The molecule has 0 radical (unpaired) electrons. The Balaban J connectivity index is 1.33. The number of benzene rings is 4. The lowest BCUT2D eigenvalue weighted by atomic mass is 9.95. The number of aryl methyl sites for hydroxylation is 2. The van der Waals surface area contributed by atoms with E-state index in [1.54, 1.807) is 12.1 Å². The van der Waals surface area contributed by atoms with Gasteiger partial charge in [-0.25, -0.2) is 8.78 Å². The molecule has 0 spiro atoms. The second-order valence-corrected chi connectivity index (χ2v) is 12.1. The molecule has 2 heteroatoms. The Bertz CT molecular complexity index is 1350. The maximum atomic E-state index is 15.3. The van der Waals surface area contributed by atoms with Gasteiger partial charge in [0.15, 0.2) is 11.6 Å². The zero-order valence-electron chi connectivity index (χ0n) is 26.4. The van der Waals surface area contributed by atoms with Gasteiger partial charge in [-0.1, -0.05) is 169 Å². The minimum Gasteiger partial charge on any atom is -0.203 e. The quantitative estimate of drug-likeness (QED) is 0.103. The number of hydrogen-bond donors (Lipinski definition) is 0. The molecule has 0 N–H and O–H groups in total. The van der Waals surface area contributed by atoms with Crippen molar-refractivity contribution >= 4 is 0 Å². The Morgan fingerprint density at radius 3 is 1.05 bits per heavy atom. The van der Waals surface area contributed by atoms with Gasteiger partial charge >= 0.3 is 0 Å². The molecular formula is C41H50F2. The van der Waals surface area contributed by atoms with E-state index in [-0.39, 0.29) is 5.56 Å². The summed E-state index contributed by atoms with van der Waals surface area (Å²) in [5.41, 5.74) is 6.82. The molecule has 0 saturated heterocycles. The summed E-state index contributed by atoms with van der Waals surface area (Å²) in [5.74, 6) is -1.58. The molecule has 0 fully saturated rings. The van der Waals surface area contributed by atoms with E-state index in [1.165, 1.54) is 94.6 Å². The van der Waals surface area contributed by atoms with Gasteiger partial charge in [-0.3, -0.25) is 0 Å². The molecule has 0 aliphatic rings. The van der Waals surface area contributed by atoms with Crippen molar-refractivity contribution in [3.63, 3.8) is 0 Å². The third-order valence-corrected chi connectivity index (χ3v) is 8.72. The summed E-state index contributed by atoms with van der Waals surface area (Å²) in [6.45, 7) is 4.50. The minimum atomic E-state index is -0.795. The fourth-order valence-electron chi connectivity index (χ4n) is 5.95. The first kappa shape index (κ1) is 32.6. The first-order chi connectivity index (χ1) is 21.1. The maximum Gasteiger partial charge on any atom is 0.167 e. The SMILES string of the molecule is CCCCCCCCCc1ccc(-c2ccc(-c3ccc(-c4ccc(CCCCCCCC)cc4)cc3)c(F)c2F)cc1. The third kappa shape index (κ3) is 9.88. The first-order valence-electron chi connectivity index (χ1n) is 16.9. The van der Waals surface area contributed by atoms with Crippen molar-refractivity contribution in [2.75, 3.05) is 0 Å². The molecular weight excluding hydrogens is 530 g/mol. The third-order valence-electron chi connectivity index (χ3n) is 8.72. The minimum absolute atomic E-state index is 0.289. The van der Waals surface area contributed by atoms with Crippen LogP contribution in [0.15, 0.2) is 84.9 Å². The maximum absolute atomic E-state index is 15.3. The summed E-state index contributed by atoms with van der Waals surface area (Å²) in [6, 6.07) is 27.9. The number of halogens is 2. The van der Waals surface area contributed by atoms with Crippen LogP contribution in [0, 0.1) is 11.6 Å². The topological polar surface area (TPSA) is 0 Å². The van der Waals surface area contributed by atoms with E-state index >= 15 is 8.78 Å². The number of unbranched alkanes of at least 4 members (excludes halogenated alkanes) is 11. The average Bonchev–Trinajstić information content (AvgIpc) is 3.04. The highest BCUT2D eigenvalue weighted by molar-refractivity contribution is 5.74. The van der Waals surface area contributed by atoms with Crippen LogP contribution < -0.4 is 0 Å². The van der Waals surface area contributed by atoms with Crippen LogP contribution in [0.25, 0.3) is 33.4 Å². The summed E-state index contributed by atoms with van der Waals surface area (Å²) in [5, 5.41) is 0. The van der Waals surface area contributed by atoms with Gasteiger partial charge in [0.2, 0.25) is 0 Å². The van der Waals surface area contributed by atoms with E-state index in [9.17, 15) is 0 Å². The van der Waals surface area contributed by atoms with Crippen molar-refractivity contribution in [1.82, 2.24) is 0 Å². The molecule has 43 heavy (non-hydrogen) atoms. The van der Waals surface area contributed by atoms with Crippen LogP contribution in [0.3, 0.4) is 0 Å². The highest BCUT2D eigenvalue weighted by atomic mass is 19.2. The van der Waals surface area contributed by atoms with Crippen LogP contribution >= 0.6 is 0 Å². The lowest BCUT2D eigenvalue weighted by Crippen LogP contribution is -1.94.